The third-order valence-electron chi connectivity index (χ3n) is 5.58. The molecule has 1 aliphatic carbocycles. The fraction of sp³-hybridized carbons (Fsp3) is 0.241. The lowest BCUT2D eigenvalue weighted by molar-refractivity contribution is -0.122. The van der Waals surface area contributed by atoms with Gasteiger partial charge in [0.05, 0.1) is 14.2 Å². The van der Waals surface area contributed by atoms with Crippen LogP contribution in [0.5, 0.6) is 11.5 Å². The predicted octanol–water partition coefficient (Wildman–Crippen LogP) is 4.76. The van der Waals surface area contributed by atoms with Gasteiger partial charge in [-0.3, -0.25) is 9.59 Å². The molecule has 2 N–H and O–H groups in total. The third-order valence-corrected chi connectivity index (χ3v) is 5.58. The minimum atomic E-state index is -0.321. The highest BCUT2D eigenvalue weighted by atomic mass is 16.5. The van der Waals surface area contributed by atoms with Gasteiger partial charge in [0.2, 0.25) is 5.91 Å². The lowest BCUT2D eigenvalue weighted by Crippen LogP contribution is -2.23. The Morgan fingerprint density at radius 2 is 1.58 bits per heavy atom. The number of primary amides is 1. The van der Waals surface area contributed by atoms with Gasteiger partial charge in [0.1, 0.15) is 23.0 Å². The summed E-state index contributed by atoms with van der Waals surface area (Å²) in [5.74, 6) is 2.30. The Morgan fingerprint density at radius 1 is 0.944 bits per heavy atom. The van der Waals surface area contributed by atoms with Crippen molar-refractivity contribution in [2.24, 2.45) is 5.73 Å². The second-order valence-corrected chi connectivity index (χ2v) is 8.47. The van der Waals surface area contributed by atoms with Gasteiger partial charge in [-0.2, -0.15) is 0 Å². The zero-order valence-corrected chi connectivity index (χ0v) is 21.1. The molecule has 0 aliphatic heterocycles. The van der Waals surface area contributed by atoms with E-state index in [2.05, 4.69) is 0 Å². The van der Waals surface area contributed by atoms with E-state index in [-0.39, 0.29) is 11.8 Å². The zero-order chi connectivity index (χ0) is 26.1. The highest BCUT2D eigenvalue weighted by Crippen LogP contribution is 2.27. The van der Waals surface area contributed by atoms with Crippen molar-refractivity contribution in [1.29, 1.82) is 0 Å². The van der Waals surface area contributed by atoms with Crippen LogP contribution in [0.3, 0.4) is 0 Å². The number of nitrogens with zero attached hydrogens (tertiary/aromatic N) is 1. The summed E-state index contributed by atoms with van der Waals surface area (Å²) < 4.78 is 16.8. The fourth-order valence-corrected chi connectivity index (χ4v) is 3.57. The maximum absolute atomic E-state index is 13.1. The van der Waals surface area contributed by atoms with Crippen molar-refractivity contribution in [2.75, 3.05) is 28.3 Å². The quantitative estimate of drug-likeness (QED) is 0.487. The molecule has 3 rings (SSSR count). The predicted molar refractivity (Wildman–Crippen MR) is 140 cm³/mol. The van der Waals surface area contributed by atoms with Crippen molar-refractivity contribution in [3.63, 3.8) is 0 Å². The van der Waals surface area contributed by atoms with E-state index in [1.54, 1.807) is 33.2 Å². The highest BCUT2D eigenvalue weighted by Gasteiger charge is 2.16. The second kappa shape index (κ2) is 12.4. The monoisotopic (exact) mass is 488 g/mol. The number of nitrogens with two attached hydrogens (primary N) is 1. The van der Waals surface area contributed by atoms with Crippen molar-refractivity contribution in [2.45, 2.75) is 19.3 Å². The summed E-state index contributed by atoms with van der Waals surface area (Å²) in [6.45, 7) is 0. The summed E-state index contributed by atoms with van der Waals surface area (Å²) in [5.41, 5.74) is 8.38. The van der Waals surface area contributed by atoms with Crippen molar-refractivity contribution >= 4 is 17.4 Å². The van der Waals surface area contributed by atoms with Gasteiger partial charge in [-0.15, -0.1) is 0 Å². The zero-order valence-electron chi connectivity index (χ0n) is 21.1. The molecule has 2 amide bonds. The van der Waals surface area contributed by atoms with Crippen molar-refractivity contribution < 1.29 is 23.8 Å². The SMILES string of the molecule is COC1=CC(/C=C(/C(=O)N(C)C)c2ccc(Oc3ccc(CCC(N)=O)cc3)cc2)=CCC(OC)=C1. The Morgan fingerprint density at radius 3 is 2.14 bits per heavy atom. The fourth-order valence-electron chi connectivity index (χ4n) is 3.57. The van der Waals surface area contributed by atoms with Gasteiger partial charge in [-0.25, -0.2) is 0 Å². The van der Waals surface area contributed by atoms with Crippen LogP contribution in [0.15, 0.2) is 89.9 Å². The molecule has 0 atom stereocenters. The number of carbonyl (C=O) groups excluding carboxylic acids is 2. The number of hydrogen-bond acceptors (Lipinski definition) is 5. The van der Waals surface area contributed by atoms with E-state index in [1.807, 2.05) is 72.8 Å². The first-order valence-electron chi connectivity index (χ1n) is 11.6. The van der Waals surface area contributed by atoms with E-state index in [0.717, 1.165) is 22.5 Å². The summed E-state index contributed by atoms with van der Waals surface area (Å²) in [5, 5.41) is 0. The first-order chi connectivity index (χ1) is 17.3. The molecule has 2 aromatic rings. The van der Waals surface area contributed by atoms with Crippen LogP contribution in [-0.4, -0.2) is 45.0 Å². The topological polar surface area (TPSA) is 91.1 Å². The molecule has 1 aliphatic rings. The molecule has 0 spiro atoms. The van der Waals surface area contributed by atoms with Gasteiger partial charge in [0.15, 0.2) is 0 Å². The van der Waals surface area contributed by atoms with Crippen molar-refractivity contribution in [3.05, 3.63) is 101 Å². The highest BCUT2D eigenvalue weighted by molar-refractivity contribution is 6.19. The van der Waals surface area contributed by atoms with Crippen LogP contribution in [0, 0.1) is 0 Å². The molecule has 0 radical (unpaired) electrons. The normalized spacial score (nSPS) is 13.6. The second-order valence-electron chi connectivity index (χ2n) is 8.47. The molecule has 0 unspecified atom stereocenters. The first-order valence-corrected chi connectivity index (χ1v) is 11.6. The van der Waals surface area contributed by atoms with E-state index in [9.17, 15) is 9.59 Å². The number of hydrogen-bond donors (Lipinski definition) is 1. The number of allylic oxidation sites excluding steroid dienone is 5. The maximum atomic E-state index is 13.1. The summed E-state index contributed by atoms with van der Waals surface area (Å²) >= 11 is 0. The van der Waals surface area contributed by atoms with Gasteiger partial charge in [-0.05, 0) is 59.5 Å². The van der Waals surface area contributed by atoms with Gasteiger partial charge in [0, 0.05) is 38.6 Å². The Hall–Kier alpha value is -4.26. The molecule has 188 valence electrons. The van der Waals surface area contributed by atoms with Gasteiger partial charge >= 0.3 is 0 Å². The number of carbonyl (C=O) groups is 2. The van der Waals surface area contributed by atoms with Crippen molar-refractivity contribution in [1.82, 2.24) is 4.90 Å². The molecule has 0 bridgehead atoms. The van der Waals surface area contributed by atoms with Gasteiger partial charge < -0.3 is 24.8 Å². The largest absolute Gasteiger partial charge is 0.501 e. The molecule has 36 heavy (non-hydrogen) atoms. The summed E-state index contributed by atoms with van der Waals surface area (Å²) in [6.07, 6.45) is 9.06. The molecule has 0 saturated heterocycles. The minimum absolute atomic E-state index is 0.118. The van der Waals surface area contributed by atoms with Crippen LogP contribution < -0.4 is 10.5 Å². The standard InChI is InChI=1S/C29H32N2O5/c1-31(2)29(33)27(18-21-7-13-25(34-3)19-26(17-21)35-4)22-9-14-24(15-10-22)36-23-11-5-20(6-12-23)8-16-28(30)32/h5-7,9-12,14-15,17-19H,8,13,16H2,1-4H3,(H2,30,32)/b27-18+. The van der Waals surface area contributed by atoms with E-state index >= 15 is 0 Å². The molecular formula is C29H32N2O5. The van der Waals surface area contributed by atoms with Crippen molar-refractivity contribution in [3.8, 4) is 11.5 Å². The number of ether oxygens (including phenoxy) is 3. The van der Waals surface area contributed by atoms with Gasteiger partial charge in [-0.1, -0.05) is 30.3 Å². The smallest absolute Gasteiger partial charge is 0.253 e. The Labute approximate surface area is 212 Å². The van der Waals surface area contributed by atoms with Crippen LogP contribution in [0.4, 0.5) is 0 Å². The molecule has 0 saturated carbocycles. The first kappa shape index (κ1) is 26.3. The van der Waals surface area contributed by atoms with Gasteiger partial charge in [0.25, 0.3) is 5.91 Å². The number of rotatable bonds is 10. The van der Waals surface area contributed by atoms with Crippen LogP contribution in [-0.2, 0) is 25.5 Å². The molecule has 0 fully saturated rings. The molecule has 2 aromatic carbocycles. The Bertz CT molecular complexity index is 1200. The molecule has 7 nitrogen and oxygen atoms in total. The van der Waals surface area contributed by atoms with E-state index in [1.165, 1.54) is 0 Å². The third kappa shape index (κ3) is 7.37. The average Bonchev–Trinajstić information content (AvgIpc) is 3.08. The van der Waals surface area contributed by atoms with E-state index in [0.29, 0.717) is 42.1 Å². The van der Waals surface area contributed by atoms with Crippen LogP contribution in [0.2, 0.25) is 0 Å². The minimum Gasteiger partial charge on any atom is -0.501 e. The number of likely N-dealkylation sites (N-methyl/N-ethyl adjacent to an activating group) is 1. The Balaban J connectivity index is 1.82. The summed E-state index contributed by atoms with van der Waals surface area (Å²) in [6, 6.07) is 14.9. The lowest BCUT2D eigenvalue weighted by atomic mass is 10.0. The lowest BCUT2D eigenvalue weighted by Gasteiger charge is -2.15. The number of benzene rings is 2. The number of amides is 2. The van der Waals surface area contributed by atoms with Crippen LogP contribution in [0.1, 0.15) is 24.0 Å². The summed E-state index contributed by atoms with van der Waals surface area (Å²) in [7, 11) is 6.67. The number of aryl methyl sites for hydroxylation is 1. The van der Waals surface area contributed by atoms with Crippen LogP contribution in [0.25, 0.3) is 5.57 Å². The number of methoxy groups -OCH3 is 2. The average molecular weight is 489 g/mol. The van der Waals surface area contributed by atoms with E-state index in [4.69, 9.17) is 19.9 Å². The molecule has 0 heterocycles. The van der Waals surface area contributed by atoms with E-state index < -0.39 is 0 Å². The molecular weight excluding hydrogens is 456 g/mol. The maximum Gasteiger partial charge on any atom is 0.253 e. The Kier molecular flexibility index (Phi) is 9.11. The van der Waals surface area contributed by atoms with Crippen LogP contribution >= 0.6 is 0 Å². The summed E-state index contributed by atoms with van der Waals surface area (Å²) in [4.78, 5) is 25.6. The molecule has 0 aromatic heterocycles. The molecule has 7 heteroatoms.